The van der Waals surface area contributed by atoms with E-state index in [-0.39, 0.29) is 5.91 Å². The van der Waals surface area contributed by atoms with Crippen molar-refractivity contribution in [2.75, 3.05) is 12.4 Å². The Hall–Kier alpha value is -1.02. The first kappa shape index (κ1) is 14.4. The fourth-order valence-corrected chi connectivity index (χ4v) is 2.55. The standard InChI is InChI=1S/C16H22ClNO/c1-2-13-7-9-14(10-8-13)16(19)18(12-4-11-17)15-5-3-6-15/h7-10,15H,2-6,11-12H2,1H3. The van der Waals surface area contributed by atoms with Crippen molar-refractivity contribution in [3.8, 4) is 0 Å². The number of alkyl halides is 1. The van der Waals surface area contributed by atoms with E-state index in [1.54, 1.807) is 0 Å². The molecule has 1 aliphatic carbocycles. The van der Waals surface area contributed by atoms with Crippen LogP contribution in [-0.2, 0) is 6.42 Å². The molecule has 1 fully saturated rings. The van der Waals surface area contributed by atoms with Crippen molar-refractivity contribution in [1.82, 2.24) is 4.90 Å². The second-order valence-electron chi connectivity index (χ2n) is 5.18. The van der Waals surface area contributed by atoms with Gasteiger partial charge in [-0.25, -0.2) is 0 Å². The topological polar surface area (TPSA) is 20.3 Å². The summed E-state index contributed by atoms with van der Waals surface area (Å²) in [4.78, 5) is 14.6. The second-order valence-corrected chi connectivity index (χ2v) is 5.55. The van der Waals surface area contributed by atoms with Crippen molar-refractivity contribution in [3.63, 3.8) is 0 Å². The molecule has 2 rings (SSSR count). The molecule has 1 amide bonds. The van der Waals surface area contributed by atoms with Gasteiger partial charge in [-0.2, -0.15) is 0 Å². The van der Waals surface area contributed by atoms with Crippen LogP contribution in [0.1, 0.15) is 48.5 Å². The number of hydrogen-bond donors (Lipinski definition) is 0. The molecule has 0 spiro atoms. The van der Waals surface area contributed by atoms with Crippen molar-refractivity contribution >= 4 is 17.5 Å². The smallest absolute Gasteiger partial charge is 0.254 e. The fraction of sp³-hybridized carbons (Fsp3) is 0.562. The summed E-state index contributed by atoms with van der Waals surface area (Å²) in [5.41, 5.74) is 2.08. The Balaban J connectivity index is 2.08. The molecule has 0 atom stereocenters. The van der Waals surface area contributed by atoms with Gasteiger partial charge in [0.25, 0.3) is 5.91 Å². The van der Waals surface area contributed by atoms with Crippen LogP contribution in [0.25, 0.3) is 0 Å². The van der Waals surface area contributed by atoms with E-state index in [0.29, 0.717) is 11.9 Å². The molecule has 104 valence electrons. The molecule has 1 aromatic rings. The van der Waals surface area contributed by atoms with Crippen molar-refractivity contribution in [1.29, 1.82) is 0 Å². The first-order valence-electron chi connectivity index (χ1n) is 7.22. The minimum absolute atomic E-state index is 0.164. The van der Waals surface area contributed by atoms with Crippen LogP contribution in [0, 0.1) is 0 Å². The molecule has 19 heavy (non-hydrogen) atoms. The van der Waals surface area contributed by atoms with Gasteiger partial charge in [-0.05, 0) is 49.8 Å². The van der Waals surface area contributed by atoms with Gasteiger partial charge in [0.05, 0.1) is 0 Å². The van der Waals surface area contributed by atoms with Gasteiger partial charge in [-0.1, -0.05) is 19.1 Å². The highest BCUT2D eigenvalue weighted by atomic mass is 35.5. The number of carbonyl (C=O) groups excluding carboxylic acids is 1. The number of carbonyl (C=O) groups is 1. The molecule has 1 saturated carbocycles. The van der Waals surface area contributed by atoms with Crippen LogP contribution in [0.4, 0.5) is 0 Å². The third-order valence-corrected chi connectivity index (χ3v) is 4.19. The molecule has 0 saturated heterocycles. The summed E-state index contributed by atoms with van der Waals surface area (Å²) in [6.45, 7) is 2.90. The highest BCUT2D eigenvalue weighted by Crippen LogP contribution is 2.26. The lowest BCUT2D eigenvalue weighted by atomic mass is 9.90. The van der Waals surface area contributed by atoms with Gasteiger partial charge in [0.15, 0.2) is 0 Å². The molecule has 0 heterocycles. The van der Waals surface area contributed by atoms with E-state index < -0.39 is 0 Å². The fourth-order valence-electron chi connectivity index (χ4n) is 2.43. The van der Waals surface area contributed by atoms with Crippen LogP contribution in [-0.4, -0.2) is 29.3 Å². The maximum Gasteiger partial charge on any atom is 0.254 e. The van der Waals surface area contributed by atoms with E-state index in [1.807, 2.05) is 29.2 Å². The Morgan fingerprint density at radius 3 is 2.47 bits per heavy atom. The highest BCUT2D eigenvalue weighted by Gasteiger charge is 2.28. The number of halogens is 1. The predicted molar refractivity (Wildman–Crippen MR) is 79.8 cm³/mol. The number of aryl methyl sites for hydroxylation is 1. The number of rotatable bonds is 6. The molecule has 0 bridgehead atoms. The summed E-state index contributed by atoms with van der Waals surface area (Å²) in [5, 5.41) is 0. The number of hydrogen-bond acceptors (Lipinski definition) is 1. The molecular formula is C16H22ClNO. The van der Waals surface area contributed by atoms with E-state index in [0.717, 1.165) is 37.8 Å². The summed E-state index contributed by atoms with van der Waals surface area (Å²) in [6, 6.07) is 8.43. The van der Waals surface area contributed by atoms with Gasteiger partial charge >= 0.3 is 0 Å². The zero-order valence-corrected chi connectivity index (χ0v) is 12.3. The van der Waals surface area contributed by atoms with Gasteiger partial charge in [0.1, 0.15) is 0 Å². The maximum atomic E-state index is 12.6. The lowest BCUT2D eigenvalue weighted by Crippen LogP contribution is -2.44. The van der Waals surface area contributed by atoms with E-state index in [9.17, 15) is 4.79 Å². The molecule has 1 aromatic carbocycles. The molecule has 1 aliphatic rings. The molecular weight excluding hydrogens is 258 g/mol. The first-order chi connectivity index (χ1) is 9.26. The van der Waals surface area contributed by atoms with Gasteiger partial charge in [-0.15, -0.1) is 11.6 Å². The van der Waals surface area contributed by atoms with Gasteiger partial charge in [0.2, 0.25) is 0 Å². The van der Waals surface area contributed by atoms with Crippen LogP contribution in [0.3, 0.4) is 0 Å². The summed E-state index contributed by atoms with van der Waals surface area (Å²) in [7, 11) is 0. The SMILES string of the molecule is CCc1ccc(C(=O)N(CCCCl)C2CCC2)cc1. The average molecular weight is 280 g/mol. The Labute approximate surface area is 120 Å². The summed E-state index contributed by atoms with van der Waals surface area (Å²) in [5.74, 6) is 0.781. The number of amides is 1. The van der Waals surface area contributed by atoms with Crippen molar-refractivity contribution in [2.24, 2.45) is 0 Å². The Kier molecular flexibility index (Phi) is 5.26. The van der Waals surface area contributed by atoms with Crippen molar-refractivity contribution in [2.45, 2.75) is 45.1 Å². The lowest BCUT2D eigenvalue weighted by Gasteiger charge is -2.37. The first-order valence-corrected chi connectivity index (χ1v) is 7.75. The monoisotopic (exact) mass is 279 g/mol. The van der Waals surface area contributed by atoms with E-state index in [2.05, 4.69) is 6.92 Å². The molecule has 2 nitrogen and oxygen atoms in total. The minimum atomic E-state index is 0.164. The lowest BCUT2D eigenvalue weighted by molar-refractivity contribution is 0.0581. The Morgan fingerprint density at radius 1 is 1.32 bits per heavy atom. The van der Waals surface area contributed by atoms with E-state index in [4.69, 9.17) is 11.6 Å². The average Bonchev–Trinajstić information content (AvgIpc) is 2.40. The highest BCUT2D eigenvalue weighted by molar-refractivity contribution is 6.17. The van der Waals surface area contributed by atoms with Gasteiger partial charge in [-0.3, -0.25) is 4.79 Å². The molecule has 0 N–H and O–H groups in total. The normalized spacial score (nSPS) is 15.1. The van der Waals surface area contributed by atoms with E-state index >= 15 is 0 Å². The zero-order chi connectivity index (χ0) is 13.7. The summed E-state index contributed by atoms with van der Waals surface area (Å²) in [6.07, 6.45) is 5.40. The number of nitrogens with zero attached hydrogens (tertiary/aromatic N) is 1. The Bertz CT molecular complexity index is 411. The van der Waals surface area contributed by atoms with Crippen LogP contribution in [0.2, 0.25) is 0 Å². The van der Waals surface area contributed by atoms with Crippen LogP contribution in [0.15, 0.2) is 24.3 Å². The summed E-state index contributed by atoms with van der Waals surface area (Å²) >= 11 is 5.76. The maximum absolute atomic E-state index is 12.6. The molecule has 0 aliphatic heterocycles. The number of benzene rings is 1. The largest absolute Gasteiger partial charge is 0.336 e. The van der Waals surface area contributed by atoms with E-state index in [1.165, 1.54) is 12.0 Å². The van der Waals surface area contributed by atoms with Crippen molar-refractivity contribution in [3.05, 3.63) is 35.4 Å². The minimum Gasteiger partial charge on any atom is -0.336 e. The van der Waals surface area contributed by atoms with Gasteiger partial charge in [0, 0.05) is 24.0 Å². The molecule has 3 heteroatoms. The van der Waals surface area contributed by atoms with Crippen molar-refractivity contribution < 1.29 is 4.79 Å². The van der Waals surface area contributed by atoms with Crippen LogP contribution < -0.4 is 0 Å². The predicted octanol–water partition coefficient (Wildman–Crippen LogP) is 3.87. The third-order valence-electron chi connectivity index (χ3n) is 3.92. The quantitative estimate of drug-likeness (QED) is 0.724. The molecule has 0 unspecified atom stereocenters. The Morgan fingerprint density at radius 2 is 2.00 bits per heavy atom. The summed E-state index contributed by atoms with van der Waals surface area (Å²) < 4.78 is 0. The zero-order valence-electron chi connectivity index (χ0n) is 11.6. The molecule has 0 radical (unpaired) electrons. The van der Waals surface area contributed by atoms with Crippen LogP contribution in [0.5, 0.6) is 0 Å². The van der Waals surface area contributed by atoms with Gasteiger partial charge < -0.3 is 4.90 Å². The third kappa shape index (κ3) is 3.50. The van der Waals surface area contributed by atoms with Crippen LogP contribution >= 0.6 is 11.6 Å². The second kappa shape index (κ2) is 6.95. The molecule has 0 aromatic heterocycles.